The molecule has 0 saturated heterocycles. The average molecular weight is 287 g/mol. The van der Waals surface area contributed by atoms with E-state index in [1.807, 2.05) is 0 Å². The van der Waals surface area contributed by atoms with Crippen LogP contribution >= 0.6 is 0 Å². The summed E-state index contributed by atoms with van der Waals surface area (Å²) in [5, 5.41) is 9.09. The molecule has 0 aliphatic heterocycles. The molecule has 0 radical (unpaired) electrons. The second-order valence-electron chi connectivity index (χ2n) is 5.14. The number of ether oxygens (including phenoxy) is 1. The number of benzene rings is 1. The smallest absolute Gasteiger partial charge is 0.405 e. The third-order valence-corrected chi connectivity index (χ3v) is 3.34. The molecule has 0 heterocycles. The number of amides is 1. The maximum atomic E-state index is 13.7. The monoisotopic (exact) mass is 287 g/mol. The molecular weight excluding hydrogens is 268 g/mol. The average Bonchev–Trinajstić information content (AvgIpc) is 2.30. The summed E-state index contributed by atoms with van der Waals surface area (Å²) in [5.41, 5.74) is 3.86. The fraction of sp³-hybridized carbons (Fsp3) is 0.500. The number of aliphatic hydroxyl groups excluding tert-OH is 1. The van der Waals surface area contributed by atoms with Crippen molar-refractivity contribution in [1.82, 2.24) is 0 Å². The second kappa shape index (κ2) is 6.65. The van der Waals surface area contributed by atoms with Gasteiger partial charge in [0.05, 0.1) is 0 Å². The third kappa shape index (κ3) is 4.16. The molecule has 1 amide bonds. The van der Waals surface area contributed by atoms with E-state index < -0.39 is 29.2 Å². The lowest BCUT2D eigenvalue weighted by molar-refractivity contribution is -0.00994. The van der Waals surface area contributed by atoms with Gasteiger partial charge in [-0.15, -0.1) is 0 Å². The summed E-state index contributed by atoms with van der Waals surface area (Å²) in [6.45, 7) is 3.00. The Morgan fingerprint density at radius 1 is 1.40 bits per heavy atom. The summed E-state index contributed by atoms with van der Waals surface area (Å²) in [5.74, 6) is -1.79. The van der Waals surface area contributed by atoms with Gasteiger partial charge >= 0.3 is 6.09 Å². The van der Waals surface area contributed by atoms with E-state index in [1.54, 1.807) is 13.8 Å². The predicted octanol–water partition coefficient (Wildman–Crippen LogP) is 2.38. The van der Waals surface area contributed by atoms with Gasteiger partial charge in [-0.1, -0.05) is 6.07 Å². The van der Waals surface area contributed by atoms with Crippen LogP contribution in [0.3, 0.4) is 0 Å². The van der Waals surface area contributed by atoms with Gasteiger partial charge in [-0.3, -0.25) is 0 Å². The number of hydrogen-bond donors (Lipinski definition) is 2. The van der Waals surface area contributed by atoms with Gasteiger partial charge in [0, 0.05) is 18.1 Å². The zero-order chi connectivity index (χ0) is 15.3. The van der Waals surface area contributed by atoms with Crippen LogP contribution in [-0.4, -0.2) is 23.4 Å². The Kier molecular flexibility index (Phi) is 5.44. The molecule has 4 nitrogen and oxygen atoms in total. The highest BCUT2D eigenvalue weighted by atomic mass is 19.1. The normalized spacial score (nSPS) is 13.1. The summed E-state index contributed by atoms with van der Waals surface area (Å²) in [7, 11) is 0. The minimum absolute atomic E-state index is 0.000648. The predicted molar refractivity (Wildman–Crippen MR) is 70.0 cm³/mol. The highest BCUT2D eigenvalue weighted by molar-refractivity contribution is 5.65. The molecule has 1 aromatic rings. The van der Waals surface area contributed by atoms with Crippen molar-refractivity contribution >= 4 is 6.09 Å². The summed E-state index contributed by atoms with van der Waals surface area (Å²) in [6.07, 6.45) is -0.736. The van der Waals surface area contributed by atoms with E-state index in [9.17, 15) is 13.6 Å². The van der Waals surface area contributed by atoms with Crippen LogP contribution in [0.1, 0.15) is 25.8 Å². The number of halogens is 2. The number of primary amides is 1. The lowest BCUT2D eigenvalue weighted by Gasteiger charge is -2.33. The SMILES string of the molecule is CC(C)(OC(N)=O)C(CCO)Cc1c(F)cccc1F. The van der Waals surface area contributed by atoms with Crippen molar-refractivity contribution in [1.29, 1.82) is 0 Å². The summed E-state index contributed by atoms with van der Waals surface area (Å²) in [6, 6.07) is 3.60. The van der Waals surface area contributed by atoms with Crippen molar-refractivity contribution in [2.24, 2.45) is 11.7 Å². The molecule has 1 atom stereocenters. The van der Waals surface area contributed by atoms with Crippen LogP contribution in [0, 0.1) is 17.6 Å². The Morgan fingerprint density at radius 2 is 1.95 bits per heavy atom. The van der Waals surface area contributed by atoms with Gasteiger partial charge in [-0.2, -0.15) is 0 Å². The Labute approximate surface area is 116 Å². The molecule has 6 heteroatoms. The number of carbonyl (C=O) groups is 1. The van der Waals surface area contributed by atoms with Gasteiger partial charge in [0.1, 0.15) is 17.2 Å². The largest absolute Gasteiger partial charge is 0.443 e. The van der Waals surface area contributed by atoms with Gasteiger partial charge in [0.25, 0.3) is 0 Å². The van der Waals surface area contributed by atoms with Crippen molar-refractivity contribution < 1.29 is 23.4 Å². The molecule has 1 unspecified atom stereocenters. The highest BCUT2D eigenvalue weighted by Gasteiger charge is 2.33. The molecule has 0 aliphatic carbocycles. The fourth-order valence-electron chi connectivity index (χ4n) is 2.17. The van der Waals surface area contributed by atoms with Crippen LogP contribution in [-0.2, 0) is 11.2 Å². The number of nitrogens with two attached hydrogens (primary N) is 1. The third-order valence-electron chi connectivity index (χ3n) is 3.34. The Bertz CT molecular complexity index is 457. The molecule has 1 aromatic carbocycles. The van der Waals surface area contributed by atoms with E-state index >= 15 is 0 Å². The van der Waals surface area contributed by atoms with Crippen LogP contribution in [0.5, 0.6) is 0 Å². The standard InChI is InChI=1S/C14H19F2NO3/c1-14(2,20-13(17)19)9(6-7-18)8-10-11(15)4-3-5-12(10)16/h3-5,9,18H,6-8H2,1-2H3,(H2,17,19). The molecule has 0 bridgehead atoms. The molecule has 0 saturated carbocycles. The van der Waals surface area contributed by atoms with Gasteiger partial charge in [0.15, 0.2) is 0 Å². The minimum atomic E-state index is -1.04. The number of aliphatic hydroxyl groups is 1. The Balaban J connectivity index is 3.00. The van der Waals surface area contributed by atoms with E-state index in [2.05, 4.69) is 0 Å². The lowest BCUT2D eigenvalue weighted by atomic mass is 9.83. The highest BCUT2D eigenvalue weighted by Crippen LogP contribution is 2.29. The quantitative estimate of drug-likeness (QED) is 0.843. The molecule has 1 rings (SSSR count). The van der Waals surface area contributed by atoms with E-state index in [-0.39, 0.29) is 25.0 Å². The van der Waals surface area contributed by atoms with E-state index in [4.69, 9.17) is 15.6 Å². The first-order valence-corrected chi connectivity index (χ1v) is 6.30. The molecule has 0 aromatic heterocycles. The van der Waals surface area contributed by atoms with E-state index in [1.165, 1.54) is 6.07 Å². The second-order valence-corrected chi connectivity index (χ2v) is 5.14. The van der Waals surface area contributed by atoms with Crippen molar-refractivity contribution in [3.05, 3.63) is 35.4 Å². The Morgan fingerprint density at radius 3 is 2.40 bits per heavy atom. The van der Waals surface area contributed by atoms with E-state index in [0.29, 0.717) is 0 Å². The number of carbonyl (C=O) groups excluding carboxylic acids is 1. The van der Waals surface area contributed by atoms with Crippen molar-refractivity contribution in [2.75, 3.05) is 6.61 Å². The van der Waals surface area contributed by atoms with Crippen LogP contribution in [0.2, 0.25) is 0 Å². The summed E-state index contributed by atoms with van der Waals surface area (Å²) in [4.78, 5) is 10.9. The minimum Gasteiger partial charge on any atom is -0.443 e. The summed E-state index contributed by atoms with van der Waals surface area (Å²) >= 11 is 0. The number of rotatable bonds is 6. The molecule has 0 spiro atoms. The summed E-state index contributed by atoms with van der Waals surface area (Å²) < 4.78 is 32.3. The molecule has 0 aliphatic rings. The number of hydrogen-bond acceptors (Lipinski definition) is 3. The maximum Gasteiger partial charge on any atom is 0.405 e. The molecular formula is C14H19F2NO3. The van der Waals surface area contributed by atoms with Crippen LogP contribution in [0.4, 0.5) is 13.6 Å². The topological polar surface area (TPSA) is 72.5 Å². The maximum absolute atomic E-state index is 13.7. The van der Waals surface area contributed by atoms with Crippen LogP contribution in [0.25, 0.3) is 0 Å². The van der Waals surface area contributed by atoms with E-state index in [0.717, 1.165) is 12.1 Å². The lowest BCUT2D eigenvalue weighted by Crippen LogP contribution is -2.40. The first-order valence-electron chi connectivity index (χ1n) is 6.30. The molecule has 112 valence electrons. The van der Waals surface area contributed by atoms with Crippen LogP contribution < -0.4 is 5.73 Å². The van der Waals surface area contributed by atoms with Gasteiger partial charge < -0.3 is 15.6 Å². The van der Waals surface area contributed by atoms with Crippen LogP contribution in [0.15, 0.2) is 18.2 Å². The van der Waals surface area contributed by atoms with Gasteiger partial charge in [-0.25, -0.2) is 13.6 Å². The van der Waals surface area contributed by atoms with Crippen molar-refractivity contribution in [3.8, 4) is 0 Å². The van der Waals surface area contributed by atoms with Crippen molar-refractivity contribution in [3.63, 3.8) is 0 Å². The Hall–Kier alpha value is -1.69. The first-order chi connectivity index (χ1) is 9.27. The first kappa shape index (κ1) is 16.4. The van der Waals surface area contributed by atoms with Gasteiger partial charge in [-0.05, 0) is 38.8 Å². The molecule has 3 N–H and O–H groups in total. The van der Waals surface area contributed by atoms with Gasteiger partial charge in [0.2, 0.25) is 0 Å². The fourth-order valence-corrected chi connectivity index (χ4v) is 2.17. The zero-order valence-corrected chi connectivity index (χ0v) is 11.5. The molecule has 20 heavy (non-hydrogen) atoms. The molecule has 0 fully saturated rings. The van der Waals surface area contributed by atoms with Crippen molar-refractivity contribution in [2.45, 2.75) is 32.3 Å². The zero-order valence-electron chi connectivity index (χ0n) is 11.5.